The second kappa shape index (κ2) is 3.91. The van der Waals surface area contributed by atoms with Crippen LogP contribution in [0.3, 0.4) is 0 Å². The van der Waals surface area contributed by atoms with Crippen molar-refractivity contribution in [1.82, 2.24) is 0 Å². The first kappa shape index (κ1) is 7.99. The van der Waals surface area contributed by atoms with Gasteiger partial charge in [0.05, 0.1) is 0 Å². The lowest BCUT2D eigenvalue weighted by Gasteiger charge is -1.98. The van der Waals surface area contributed by atoms with Crippen molar-refractivity contribution in [3.8, 4) is 0 Å². The van der Waals surface area contributed by atoms with E-state index in [1.54, 1.807) is 0 Å². The summed E-state index contributed by atoms with van der Waals surface area (Å²) in [6, 6.07) is 0. The molecule has 0 saturated heterocycles. The Balaban J connectivity index is 2.40. The summed E-state index contributed by atoms with van der Waals surface area (Å²) in [5, 5.41) is 2.69. The molecule has 58 valence electrons. The van der Waals surface area contributed by atoms with Crippen LogP contribution in [0.15, 0.2) is 0 Å². The lowest BCUT2D eigenvalue weighted by Crippen LogP contribution is -1.93. The molecule has 1 aliphatic rings. The summed E-state index contributed by atoms with van der Waals surface area (Å²) in [7, 11) is 0.0642. The van der Waals surface area contributed by atoms with Crippen molar-refractivity contribution in [2.75, 3.05) is 5.75 Å². The standard InChI is InChI=1S/C8H14OS/c1-2-5-8(9)10-6-3-4-7-10/h6H,2-5,7H2,1H3. The van der Waals surface area contributed by atoms with Crippen molar-refractivity contribution in [3.05, 3.63) is 0 Å². The quantitative estimate of drug-likeness (QED) is 0.563. The predicted molar refractivity (Wildman–Crippen MR) is 47.7 cm³/mol. The highest BCUT2D eigenvalue weighted by Gasteiger charge is 2.09. The number of carbonyl (C=O) groups excluding carboxylic acids is 1. The van der Waals surface area contributed by atoms with Gasteiger partial charge in [0.2, 0.25) is 0 Å². The molecule has 1 atom stereocenters. The van der Waals surface area contributed by atoms with Gasteiger partial charge in [-0.15, -0.1) is 10.5 Å². The van der Waals surface area contributed by atoms with E-state index >= 15 is 0 Å². The number of hydrogen-bond acceptors (Lipinski definition) is 1. The molecule has 1 aliphatic heterocycles. The maximum absolute atomic E-state index is 11.2. The molecule has 0 aromatic carbocycles. The second-order valence-corrected chi connectivity index (χ2v) is 4.62. The predicted octanol–water partition coefficient (Wildman–Crippen LogP) is 2.18. The zero-order chi connectivity index (χ0) is 7.40. The van der Waals surface area contributed by atoms with Crippen molar-refractivity contribution in [2.24, 2.45) is 0 Å². The van der Waals surface area contributed by atoms with E-state index in [1.165, 1.54) is 12.8 Å². The largest absolute Gasteiger partial charge is 0.288 e. The molecule has 0 saturated carbocycles. The molecule has 0 radical (unpaired) electrons. The Bertz CT molecular complexity index is 161. The van der Waals surface area contributed by atoms with Crippen LogP contribution in [0.1, 0.15) is 32.6 Å². The van der Waals surface area contributed by atoms with Crippen LogP contribution in [0.2, 0.25) is 0 Å². The molecule has 0 fully saturated rings. The van der Waals surface area contributed by atoms with Crippen molar-refractivity contribution in [3.63, 3.8) is 0 Å². The zero-order valence-corrected chi connectivity index (χ0v) is 7.25. The third-order valence-electron chi connectivity index (χ3n) is 1.63. The fourth-order valence-corrected chi connectivity index (χ4v) is 3.07. The molecule has 1 rings (SSSR count). The van der Waals surface area contributed by atoms with Crippen LogP contribution < -0.4 is 0 Å². The van der Waals surface area contributed by atoms with Gasteiger partial charge < -0.3 is 0 Å². The summed E-state index contributed by atoms with van der Waals surface area (Å²) < 4.78 is 0. The van der Waals surface area contributed by atoms with Gasteiger partial charge in [0.25, 0.3) is 0 Å². The van der Waals surface area contributed by atoms with Crippen molar-refractivity contribution < 1.29 is 4.79 Å². The molecule has 0 bridgehead atoms. The summed E-state index contributed by atoms with van der Waals surface area (Å²) >= 11 is 0. The molecular weight excluding hydrogens is 144 g/mol. The fourth-order valence-electron chi connectivity index (χ4n) is 1.09. The molecule has 0 spiro atoms. The van der Waals surface area contributed by atoms with Gasteiger partial charge in [0.15, 0.2) is 5.12 Å². The van der Waals surface area contributed by atoms with Gasteiger partial charge in [0.1, 0.15) is 0 Å². The molecule has 1 nitrogen and oxygen atoms in total. The summed E-state index contributed by atoms with van der Waals surface area (Å²) in [6.45, 7) is 2.07. The average molecular weight is 158 g/mol. The van der Waals surface area contributed by atoms with Gasteiger partial charge in [-0.25, -0.2) is 0 Å². The van der Waals surface area contributed by atoms with E-state index in [2.05, 4.69) is 12.3 Å². The van der Waals surface area contributed by atoms with E-state index in [9.17, 15) is 4.79 Å². The molecule has 0 N–H and O–H groups in total. The molecule has 0 aromatic heterocycles. The highest BCUT2D eigenvalue weighted by molar-refractivity contribution is 8.27. The molecular formula is C8H14OS. The molecule has 2 heteroatoms. The Kier molecular flexibility index (Phi) is 3.13. The Labute approximate surface area is 64.7 Å². The summed E-state index contributed by atoms with van der Waals surface area (Å²) in [6.07, 6.45) is 4.20. The molecule has 1 unspecified atom stereocenters. The van der Waals surface area contributed by atoms with Crippen LogP contribution >= 0.6 is 10.5 Å². The van der Waals surface area contributed by atoms with Crippen LogP contribution in [0.4, 0.5) is 0 Å². The molecule has 1 heterocycles. The number of rotatable bonds is 2. The van der Waals surface area contributed by atoms with Crippen LogP contribution in [0.25, 0.3) is 0 Å². The van der Waals surface area contributed by atoms with Gasteiger partial charge >= 0.3 is 0 Å². The zero-order valence-electron chi connectivity index (χ0n) is 6.43. The first-order valence-electron chi connectivity index (χ1n) is 3.90. The first-order chi connectivity index (χ1) is 4.84. The summed E-state index contributed by atoms with van der Waals surface area (Å²) in [5.41, 5.74) is 0. The maximum atomic E-state index is 11.2. The number of hydrogen-bond donors (Lipinski definition) is 0. The second-order valence-electron chi connectivity index (χ2n) is 2.56. The van der Waals surface area contributed by atoms with Crippen molar-refractivity contribution >= 4 is 21.0 Å². The van der Waals surface area contributed by atoms with Crippen LogP contribution in [0, 0.1) is 0 Å². The summed E-state index contributed by atoms with van der Waals surface area (Å²) in [4.78, 5) is 11.2. The normalized spacial score (nSPS) is 24.3. The van der Waals surface area contributed by atoms with Crippen LogP contribution in [0.5, 0.6) is 0 Å². The molecule has 0 aromatic rings. The van der Waals surface area contributed by atoms with Crippen LogP contribution in [-0.4, -0.2) is 16.2 Å². The molecule has 0 amide bonds. The topological polar surface area (TPSA) is 17.1 Å². The minimum atomic E-state index is 0.0642. The fraction of sp³-hybridized carbons (Fsp3) is 0.750. The lowest BCUT2D eigenvalue weighted by atomic mass is 10.4. The van der Waals surface area contributed by atoms with Gasteiger partial charge in [-0.2, -0.15) is 0 Å². The van der Waals surface area contributed by atoms with E-state index in [-0.39, 0.29) is 10.5 Å². The minimum absolute atomic E-state index is 0.0642. The highest BCUT2D eigenvalue weighted by Crippen LogP contribution is 2.24. The van der Waals surface area contributed by atoms with E-state index < -0.39 is 0 Å². The first-order valence-corrected chi connectivity index (χ1v) is 5.36. The molecule has 0 aliphatic carbocycles. The minimum Gasteiger partial charge on any atom is -0.288 e. The van der Waals surface area contributed by atoms with Gasteiger partial charge in [0, 0.05) is 6.42 Å². The van der Waals surface area contributed by atoms with Crippen LogP contribution in [-0.2, 0) is 4.79 Å². The van der Waals surface area contributed by atoms with Crippen molar-refractivity contribution in [2.45, 2.75) is 32.6 Å². The average Bonchev–Trinajstić information content (AvgIpc) is 2.38. The maximum Gasteiger partial charge on any atom is 0.183 e. The van der Waals surface area contributed by atoms with Gasteiger partial charge in [-0.3, -0.25) is 4.79 Å². The van der Waals surface area contributed by atoms with Crippen molar-refractivity contribution in [1.29, 1.82) is 0 Å². The Hall–Kier alpha value is -0.110. The lowest BCUT2D eigenvalue weighted by molar-refractivity contribution is -0.111. The molecule has 10 heavy (non-hydrogen) atoms. The van der Waals surface area contributed by atoms with E-state index in [0.717, 1.165) is 18.6 Å². The number of carbonyl (C=O) groups is 1. The Morgan fingerprint density at radius 2 is 2.50 bits per heavy atom. The third kappa shape index (κ3) is 1.94. The Morgan fingerprint density at radius 3 is 3.00 bits per heavy atom. The van der Waals surface area contributed by atoms with E-state index in [4.69, 9.17) is 0 Å². The Morgan fingerprint density at radius 1 is 1.70 bits per heavy atom. The van der Waals surface area contributed by atoms with Gasteiger partial charge in [-0.1, -0.05) is 12.3 Å². The smallest absolute Gasteiger partial charge is 0.183 e. The summed E-state index contributed by atoms with van der Waals surface area (Å²) in [5.74, 6) is 1.14. The monoisotopic (exact) mass is 158 g/mol. The van der Waals surface area contributed by atoms with E-state index in [0.29, 0.717) is 5.12 Å². The van der Waals surface area contributed by atoms with Gasteiger partial charge in [-0.05, 0) is 25.0 Å². The SMILES string of the molecule is CCCC(=O)S1=CCCC1. The third-order valence-corrected chi connectivity index (χ3v) is 3.79. The highest BCUT2D eigenvalue weighted by atomic mass is 32.2. The van der Waals surface area contributed by atoms with E-state index in [1.807, 2.05) is 0 Å².